The van der Waals surface area contributed by atoms with Crippen LogP contribution in [0.4, 0.5) is 0 Å². The van der Waals surface area contributed by atoms with Crippen molar-refractivity contribution in [1.82, 2.24) is 0 Å². The summed E-state index contributed by atoms with van der Waals surface area (Å²) < 4.78 is 0. The second-order valence-corrected chi connectivity index (χ2v) is 6.10. The van der Waals surface area contributed by atoms with Crippen molar-refractivity contribution in [2.45, 2.75) is 32.7 Å². The van der Waals surface area contributed by atoms with Gasteiger partial charge in [-0.1, -0.05) is 59.1 Å². The van der Waals surface area contributed by atoms with E-state index in [0.717, 1.165) is 18.4 Å². The topological polar surface area (TPSA) is 26.0 Å². The highest BCUT2D eigenvalue weighted by Crippen LogP contribution is 2.26. The first-order valence-corrected chi connectivity index (χ1v) is 7.47. The summed E-state index contributed by atoms with van der Waals surface area (Å²) in [5.41, 5.74) is 11.1. The molecule has 0 saturated carbocycles. The van der Waals surface area contributed by atoms with Crippen molar-refractivity contribution in [1.29, 1.82) is 0 Å². The zero-order valence-electron chi connectivity index (χ0n) is 11.8. The van der Waals surface area contributed by atoms with Crippen LogP contribution in [0.5, 0.6) is 0 Å². The Kier molecular flexibility index (Phi) is 5.09. The molecule has 0 heterocycles. The lowest BCUT2D eigenvalue weighted by Gasteiger charge is -2.15. The van der Waals surface area contributed by atoms with Crippen molar-refractivity contribution in [3.8, 4) is 0 Å². The molecule has 0 aliphatic rings. The predicted molar refractivity (Wildman–Crippen MR) is 87.8 cm³/mol. The average Bonchev–Trinajstić information content (AvgIpc) is 2.39. The average molecular weight is 308 g/mol. The highest BCUT2D eigenvalue weighted by atomic mass is 35.5. The number of nitrogens with two attached hydrogens (primary N) is 1. The van der Waals surface area contributed by atoms with Crippen LogP contribution in [0.25, 0.3) is 0 Å². The molecule has 0 bridgehead atoms. The molecule has 2 aromatic rings. The fourth-order valence-electron chi connectivity index (χ4n) is 2.36. The molecule has 0 aliphatic carbocycles. The summed E-state index contributed by atoms with van der Waals surface area (Å²) in [6.45, 7) is 4.22. The molecular weight excluding hydrogens is 289 g/mol. The van der Waals surface area contributed by atoms with E-state index < -0.39 is 0 Å². The lowest BCUT2D eigenvalue weighted by Crippen LogP contribution is -2.26. The second-order valence-electron chi connectivity index (χ2n) is 5.31. The molecule has 0 aliphatic heterocycles. The molecule has 0 amide bonds. The maximum absolute atomic E-state index is 6.27. The molecule has 2 rings (SSSR count). The van der Waals surface area contributed by atoms with Gasteiger partial charge in [0.25, 0.3) is 0 Å². The van der Waals surface area contributed by atoms with Crippen LogP contribution in [0.3, 0.4) is 0 Å². The van der Waals surface area contributed by atoms with Crippen LogP contribution in [0.15, 0.2) is 36.4 Å². The van der Waals surface area contributed by atoms with E-state index in [4.69, 9.17) is 28.9 Å². The SMILES string of the molecule is Cc1ccc(C)c(CC(N)Cc2cccc(Cl)c2Cl)c1. The van der Waals surface area contributed by atoms with E-state index in [1.54, 1.807) is 6.07 Å². The fraction of sp³-hybridized carbons (Fsp3) is 0.294. The second kappa shape index (κ2) is 6.62. The molecule has 106 valence electrons. The van der Waals surface area contributed by atoms with Gasteiger partial charge >= 0.3 is 0 Å². The van der Waals surface area contributed by atoms with E-state index in [9.17, 15) is 0 Å². The molecule has 2 N–H and O–H groups in total. The summed E-state index contributed by atoms with van der Waals surface area (Å²) in [6, 6.07) is 12.2. The lowest BCUT2D eigenvalue weighted by atomic mass is 9.96. The Balaban J connectivity index is 2.11. The van der Waals surface area contributed by atoms with Gasteiger partial charge in [0.2, 0.25) is 0 Å². The molecule has 1 nitrogen and oxygen atoms in total. The van der Waals surface area contributed by atoms with Gasteiger partial charge in [0.1, 0.15) is 0 Å². The van der Waals surface area contributed by atoms with Crippen LogP contribution in [0.1, 0.15) is 22.3 Å². The normalized spacial score (nSPS) is 12.4. The van der Waals surface area contributed by atoms with Crippen molar-refractivity contribution in [2.75, 3.05) is 0 Å². The molecule has 2 aromatic carbocycles. The van der Waals surface area contributed by atoms with Gasteiger partial charge in [0.05, 0.1) is 10.0 Å². The van der Waals surface area contributed by atoms with Gasteiger partial charge in [-0.25, -0.2) is 0 Å². The van der Waals surface area contributed by atoms with Gasteiger partial charge in [-0.15, -0.1) is 0 Å². The van der Waals surface area contributed by atoms with Gasteiger partial charge in [0, 0.05) is 6.04 Å². The maximum Gasteiger partial charge on any atom is 0.0624 e. The molecular formula is C17H19Cl2N. The monoisotopic (exact) mass is 307 g/mol. The molecule has 3 heteroatoms. The molecule has 1 unspecified atom stereocenters. The molecule has 0 saturated heterocycles. The van der Waals surface area contributed by atoms with Gasteiger partial charge in [-0.05, 0) is 49.4 Å². The molecule has 0 spiro atoms. The van der Waals surface area contributed by atoms with Crippen molar-refractivity contribution in [3.05, 3.63) is 68.7 Å². The number of hydrogen-bond donors (Lipinski definition) is 1. The number of aryl methyl sites for hydroxylation is 2. The Morgan fingerprint density at radius 2 is 1.70 bits per heavy atom. The molecule has 0 radical (unpaired) electrons. The fourth-order valence-corrected chi connectivity index (χ4v) is 2.76. The Bertz CT molecular complexity index is 604. The molecule has 0 aromatic heterocycles. The van der Waals surface area contributed by atoms with Crippen LogP contribution in [-0.4, -0.2) is 6.04 Å². The Hall–Kier alpha value is -1.02. The Morgan fingerprint density at radius 3 is 2.45 bits per heavy atom. The lowest BCUT2D eigenvalue weighted by molar-refractivity contribution is 0.662. The van der Waals surface area contributed by atoms with Crippen molar-refractivity contribution >= 4 is 23.2 Å². The smallest absolute Gasteiger partial charge is 0.0624 e. The third kappa shape index (κ3) is 3.76. The van der Waals surface area contributed by atoms with Crippen molar-refractivity contribution < 1.29 is 0 Å². The third-order valence-corrected chi connectivity index (χ3v) is 4.36. The van der Waals surface area contributed by atoms with Crippen LogP contribution in [0.2, 0.25) is 10.0 Å². The van der Waals surface area contributed by atoms with E-state index in [0.29, 0.717) is 10.0 Å². The largest absolute Gasteiger partial charge is 0.327 e. The van der Waals surface area contributed by atoms with Crippen molar-refractivity contribution in [3.63, 3.8) is 0 Å². The number of hydrogen-bond acceptors (Lipinski definition) is 1. The zero-order chi connectivity index (χ0) is 14.7. The Morgan fingerprint density at radius 1 is 1.00 bits per heavy atom. The maximum atomic E-state index is 6.27. The van der Waals surface area contributed by atoms with Gasteiger partial charge in [-0.2, -0.15) is 0 Å². The quantitative estimate of drug-likeness (QED) is 0.868. The van der Waals surface area contributed by atoms with Gasteiger partial charge < -0.3 is 5.73 Å². The van der Waals surface area contributed by atoms with Crippen LogP contribution in [0, 0.1) is 13.8 Å². The number of rotatable bonds is 4. The van der Waals surface area contributed by atoms with Crippen LogP contribution in [-0.2, 0) is 12.8 Å². The summed E-state index contributed by atoms with van der Waals surface area (Å²) in [4.78, 5) is 0. The first-order chi connectivity index (χ1) is 9.47. The predicted octanol–water partition coefficient (Wildman–Crippen LogP) is 4.72. The summed E-state index contributed by atoms with van der Waals surface area (Å²) in [7, 11) is 0. The van der Waals surface area contributed by atoms with E-state index >= 15 is 0 Å². The summed E-state index contributed by atoms with van der Waals surface area (Å²) in [6.07, 6.45) is 1.57. The first-order valence-electron chi connectivity index (χ1n) is 6.72. The highest BCUT2D eigenvalue weighted by Gasteiger charge is 2.11. The van der Waals surface area contributed by atoms with E-state index in [-0.39, 0.29) is 6.04 Å². The zero-order valence-corrected chi connectivity index (χ0v) is 13.3. The minimum Gasteiger partial charge on any atom is -0.327 e. The standard InChI is InChI=1S/C17H19Cl2N/c1-11-6-7-12(2)14(8-11)10-15(20)9-13-4-3-5-16(18)17(13)19/h3-8,15H,9-10,20H2,1-2H3. The van der Waals surface area contributed by atoms with E-state index in [1.165, 1.54) is 16.7 Å². The number of halogens is 2. The minimum atomic E-state index is 0.0338. The molecule has 1 atom stereocenters. The van der Waals surface area contributed by atoms with Gasteiger partial charge in [-0.3, -0.25) is 0 Å². The van der Waals surface area contributed by atoms with Gasteiger partial charge in [0.15, 0.2) is 0 Å². The summed E-state index contributed by atoms with van der Waals surface area (Å²) >= 11 is 12.2. The molecule has 20 heavy (non-hydrogen) atoms. The van der Waals surface area contributed by atoms with Crippen molar-refractivity contribution in [2.24, 2.45) is 5.73 Å². The van der Waals surface area contributed by atoms with Crippen LogP contribution >= 0.6 is 23.2 Å². The Labute approximate surface area is 130 Å². The van der Waals surface area contributed by atoms with Crippen LogP contribution < -0.4 is 5.73 Å². The first kappa shape index (κ1) is 15.4. The number of benzene rings is 2. The van der Waals surface area contributed by atoms with E-state index in [1.807, 2.05) is 12.1 Å². The summed E-state index contributed by atoms with van der Waals surface area (Å²) in [5, 5.41) is 1.20. The highest BCUT2D eigenvalue weighted by molar-refractivity contribution is 6.42. The summed E-state index contributed by atoms with van der Waals surface area (Å²) in [5.74, 6) is 0. The third-order valence-electron chi connectivity index (χ3n) is 3.50. The van der Waals surface area contributed by atoms with E-state index in [2.05, 4.69) is 32.0 Å². The minimum absolute atomic E-state index is 0.0338. The molecule has 0 fully saturated rings.